The van der Waals surface area contributed by atoms with Crippen molar-refractivity contribution < 1.29 is 28.7 Å². The number of Topliss-reactive ketones (excluding diaryl/α,β-unsaturated/α-hetero) is 1. The number of nitrogens with zero attached hydrogens (tertiary/aromatic N) is 2. The maximum absolute atomic E-state index is 12.8. The van der Waals surface area contributed by atoms with Gasteiger partial charge in [-0.25, -0.2) is 4.79 Å². The molecule has 9 heteroatoms. The summed E-state index contributed by atoms with van der Waals surface area (Å²) in [6.07, 6.45) is 2.86. The van der Waals surface area contributed by atoms with Gasteiger partial charge < -0.3 is 19.4 Å². The summed E-state index contributed by atoms with van der Waals surface area (Å²) in [6, 6.07) is 8.61. The van der Waals surface area contributed by atoms with Crippen LogP contribution in [0.25, 0.3) is 5.69 Å². The number of carbonyl (C=O) groups is 4. The first-order valence-electron chi connectivity index (χ1n) is 10.9. The molecule has 1 aromatic heterocycles. The number of rotatable bonds is 7. The summed E-state index contributed by atoms with van der Waals surface area (Å²) in [5, 5.41) is 2.72. The van der Waals surface area contributed by atoms with E-state index in [0.29, 0.717) is 18.4 Å². The van der Waals surface area contributed by atoms with E-state index in [1.807, 2.05) is 42.7 Å². The van der Waals surface area contributed by atoms with Crippen LogP contribution in [0.2, 0.25) is 0 Å². The quantitative estimate of drug-likeness (QED) is 0.392. The number of amides is 3. The SMILES string of the molecule is COc1ccc(-n2c(C)cc(C(=O)COC(=O)CN3C(=O)NC4(CCCC4)C3=O)c2C)cc1. The molecule has 0 unspecified atom stereocenters. The minimum absolute atomic E-state index is 0.360. The molecule has 1 aliphatic heterocycles. The van der Waals surface area contributed by atoms with Gasteiger partial charge in [-0.3, -0.25) is 19.3 Å². The summed E-state index contributed by atoms with van der Waals surface area (Å²) in [4.78, 5) is 50.8. The van der Waals surface area contributed by atoms with Gasteiger partial charge in [0.15, 0.2) is 6.61 Å². The molecule has 0 radical (unpaired) electrons. The average molecular weight is 453 g/mol. The lowest BCUT2D eigenvalue weighted by Crippen LogP contribution is -2.44. The maximum Gasteiger partial charge on any atom is 0.326 e. The van der Waals surface area contributed by atoms with Gasteiger partial charge in [0.05, 0.1) is 7.11 Å². The molecule has 1 saturated carbocycles. The van der Waals surface area contributed by atoms with Gasteiger partial charge >= 0.3 is 12.0 Å². The topological polar surface area (TPSA) is 107 Å². The van der Waals surface area contributed by atoms with Gasteiger partial charge in [0, 0.05) is 22.6 Å². The average Bonchev–Trinajstić information content (AvgIpc) is 3.45. The van der Waals surface area contributed by atoms with Crippen LogP contribution in [-0.4, -0.2) is 59.0 Å². The molecular weight excluding hydrogens is 426 g/mol. The second-order valence-corrected chi connectivity index (χ2v) is 8.51. The van der Waals surface area contributed by atoms with E-state index >= 15 is 0 Å². The Morgan fingerprint density at radius 1 is 1.09 bits per heavy atom. The fourth-order valence-electron chi connectivity index (χ4n) is 4.71. The number of methoxy groups -OCH3 is 1. The number of imide groups is 1. The lowest BCUT2D eigenvalue weighted by Gasteiger charge is -2.19. The van der Waals surface area contributed by atoms with Crippen LogP contribution in [0, 0.1) is 13.8 Å². The highest BCUT2D eigenvalue weighted by atomic mass is 16.5. The van der Waals surface area contributed by atoms with E-state index < -0.39 is 36.6 Å². The molecule has 1 N–H and O–H groups in total. The highest BCUT2D eigenvalue weighted by molar-refractivity contribution is 6.09. The van der Waals surface area contributed by atoms with Gasteiger partial charge in [0.1, 0.15) is 17.8 Å². The van der Waals surface area contributed by atoms with E-state index in [-0.39, 0.29) is 5.78 Å². The summed E-state index contributed by atoms with van der Waals surface area (Å²) in [5.74, 6) is -0.823. The van der Waals surface area contributed by atoms with Gasteiger partial charge in [0.2, 0.25) is 5.78 Å². The molecule has 33 heavy (non-hydrogen) atoms. The highest BCUT2D eigenvalue weighted by Gasteiger charge is 2.52. The van der Waals surface area contributed by atoms with E-state index in [2.05, 4.69) is 5.32 Å². The second-order valence-electron chi connectivity index (χ2n) is 8.51. The zero-order valence-electron chi connectivity index (χ0n) is 19.0. The van der Waals surface area contributed by atoms with Crippen molar-refractivity contribution in [2.75, 3.05) is 20.3 Å². The number of aromatic nitrogens is 1. The molecule has 4 rings (SSSR count). The van der Waals surface area contributed by atoms with Gasteiger partial charge in [-0.05, 0) is 57.0 Å². The normalized spacial score (nSPS) is 16.9. The van der Waals surface area contributed by atoms with Crippen LogP contribution in [0.5, 0.6) is 5.75 Å². The molecule has 2 aromatic rings. The lowest BCUT2D eigenvalue weighted by atomic mass is 9.98. The first kappa shape index (κ1) is 22.6. The number of esters is 1. The first-order valence-corrected chi connectivity index (χ1v) is 10.9. The van der Waals surface area contributed by atoms with Crippen molar-refractivity contribution in [3.05, 3.63) is 47.3 Å². The molecule has 1 spiro atoms. The minimum atomic E-state index is -0.883. The zero-order chi connectivity index (χ0) is 23.8. The Balaban J connectivity index is 1.39. The smallest absolute Gasteiger partial charge is 0.326 e. The van der Waals surface area contributed by atoms with Crippen LogP contribution < -0.4 is 10.1 Å². The third-order valence-electron chi connectivity index (χ3n) is 6.42. The summed E-state index contributed by atoms with van der Waals surface area (Å²) < 4.78 is 12.2. The van der Waals surface area contributed by atoms with E-state index in [1.54, 1.807) is 13.2 Å². The summed E-state index contributed by atoms with van der Waals surface area (Å²) in [7, 11) is 1.60. The predicted molar refractivity (Wildman–Crippen MR) is 119 cm³/mol. The number of aryl methyl sites for hydroxylation is 1. The van der Waals surface area contributed by atoms with Crippen molar-refractivity contribution in [1.29, 1.82) is 0 Å². The lowest BCUT2D eigenvalue weighted by molar-refractivity contribution is -0.146. The van der Waals surface area contributed by atoms with Crippen LogP contribution >= 0.6 is 0 Å². The van der Waals surface area contributed by atoms with Crippen molar-refractivity contribution in [1.82, 2.24) is 14.8 Å². The largest absolute Gasteiger partial charge is 0.497 e. The van der Waals surface area contributed by atoms with E-state index in [1.165, 1.54) is 0 Å². The number of hydrogen-bond acceptors (Lipinski definition) is 6. The van der Waals surface area contributed by atoms with Crippen molar-refractivity contribution in [3.63, 3.8) is 0 Å². The number of ketones is 1. The Labute approximate surface area is 191 Å². The summed E-state index contributed by atoms with van der Waals surface area (Å²) >= 11 is 0. The zero-order valence-corrected chi connectivity index (χ0v) is 19.0. The van der Waals surface area contributed by atoms with E-state index in [0.717, 1.165) is 40.6 Å². The van der Waals surface area contributed by atoms with Crippen LogP contribution in [0.4, 0.5) is 4.79 Å². The molecule has 1 aliphatic carbocycles. The van der Waals surface area contributed by atoms with E-state index in [9.17, 15) is 19.2 Å². The Kier molecular flexibility index (Phi) is 5.97. The number of urea groups is 1. The molecule has 0 atom stereocenters. The molecule has 2 aliphatic rings. The van der Waals surface area contributed by atoms with Gasteiger partial charge in [0.25, 0.3) is 5.91 Å². The number of hydrogen-bond donors (Lipinski definition) is 1. The summed E-state index contributed by atoms with van der Waals surface area (Å²) in [5.41, 5.74) is 2.01. The predicted octanol–water partition coefficient (Wildman–Crippen LogP) is 2.69. The van der Waals surface area contributed by atoms with Gasteiger partial charge in [-0.1, -0.05) is 12.8 Å². The third kappa shape index (κ3) is 4.10. The Morgan fingerprint density at radius 2 is 1.76 bits per heavy atom. The maximum atomic E-state index is 12.8. The molecule has 1 aromatic carbocycles. The molecule has 9 nitrogen and oxygen atoms in total. The Morgan fingerprint density at radius 3 is 2.39 bits per heavy atom. The fraction of sp³-hybridized carbons (Fsp3) is 0.417. The molecule has 3 amide bonds. The third-order valence-corrected chi connectivity index (χ3v) is 6.42. The Bertz CT molecular complexity index is 1110. The van der Waals surface area contributed by atoms with Gasteiger partial charge in [-0.2, -0.15) is 0 Å². The standard InChI is InChI=1S/C24H27N3O6/c1-15-12-19(16(2)27(15)17-6-8-18(32-3)9-7-17)20(28)14-33-21(29)13-26-22(30)24(25-23(26)31)10-4-5-11-24/h6-9,12H,4-5,10-11,13-14H2,1-3H3,(H,25,31). The molecule has 174 valence electrons. The monoisotopic (exact) mass is 453 g/mol. The van der Waals surface area contributed by atoms with Crippen LogP contribution in [-0.2, 0) is 14.3 Å². The van der Waals surface area contributed by atoms with Crippen molar-refractivity contribution in [3.8, 4) is 11.4 Å². The first-order chi connectivity index (χ1) is 15.8. The van der Waals surface area contributed by atoms with Crippen LogP contribution in [0.1, 0.15) is 47.4 Å². The van der Waals surface area contributed by atoms with Crippen molar-refractivity contribution >= 4 is 23.7 Å². The molecule has 2 fully saturated rings. The van der Waals surface area contributed by atoms with Crippen molar-refractivity contribution in [2.24, 2.45) is 0 Å². The Hall–Kier alpha value is -3.62. The number of ether oxygens (including phenoxy) is 2. The second kappa shape index (κ2) is 8.73. The molecule has 2 heterocycles. The number of benzene rings is 1. The highest BCUT2D eigenvalue weighted by Crippen LogP contribution is 2.35. The molecular formula is C24H27N3O6. The molecule has 1 saturated heterocycles. The van der Waals surface area contributed by atoms with E-state index in [4.69, 9.17) is 9.47 Å². The minimum Gasteiger partial charge on any atom is -0.497 e. The summed E-state index contributed by atoms with van der Waals surface area (Å²) in [6.45, 7) is 2.72. The number of carbonyl (C=O) groups excluding carboxylic acids is 4. The fourth-order valence-corrected chi connectivity index (χ4v) is 4.71. The van der Waals surface area contributed by atoms with Crippen LogP contribution in [0.3, 0.4) is 0 Å². The molecule has 0 bridgehead atoms. The van der Waals surface area contributed by atoms with Crippen molar-refractivity contribution in [2.45, 2.75) is 45.1 Å². The van der Waals surface area contributed by atoms with Gasteiger partial charge in [-0.15, -0.1) is 0 Å². The van der Waals surface area contributed by atoms with Crippen LogP contribution in [0.15, 0.2) is 30.3 Å². The number of nitrogens with one attached hydrogen (secondary N) is 1.